The molecule has 0 unspecified atom stereocenters. The van der Waals surface area contributed by atoms with Crippen molar-refractivity contribution >= 4 is 51.5 Å². The van der Waals surface area contributed by atoms with E-state index in [1.807, 2.05) is 43.3 Å². The van der Waals surface area contributed by atoms with Crippen molar-refractivity contribution in [2.24, 2.45) is 0 Å². The molecule has 0 saturated carbocycles. The minimum absolute atomic E-state index is 0.0669. The van der Waals surface area contributed by atoms with E-state index in [1.165, 1.54) is 0 Å². The van der Waals surface area contributed by atoms with Gasteiger partial charge < -0.3 is 9.47 Å². The molecular formula is C22H20ClN3O4S. The number of carbonyl (C=O) groups is 2. The van der Waals surface area contributed by atoms with Crippen molar-refractivity contribution < 1.29 is 19.1 Å². The van der Waals surface area contributed by atoms with Gasteiger partial charge in [-0.2, -0.15) is 0 Å². The number of benzene rings is 3. The molecule has 160 valence electrons. The fraction of sp³-hybridized carbons (Fsp3) is 0.136. The van der Waals surface area contributed by atoms with E-state index < -0.39 is 11.8 Å². The van der Waals surface area contributed by atoms with E-state index in [4.69, 9.17) is 33.3 Å². The fourth-order valence-corrected chi connectivity index (χ4v) is 2.90. The second-order valence-corrected chi connectivity index (χ2v) is 7.36. The highest BCUT2D eigenvalue weighted by molar-refractivity contribution is 7.80. The van der Waals surface area contributed by atoms with Crippen molar-refractivity contribution in [2.75, 3.05) is 13.2 Å². The van der Waals surface area contributed by atoms with Crippen LogP contribution in [0.25, 0.3) is 10.8 Å². The monoisotopic (exact) mass is 457 g/mol. The molecule has 0 fully saturated rings. The number of halogens is 1. The average Bonchev–Trinajstić information content (AvgIpc) is 2.77. The van der Waals surface area contributed by atoms with E-state index in [2.05, 4.69) is 16.2 Å². The first-order valence-electron chi connectivity index (χ1n) is 9.30. The summed E-state index contributed by atoms with van der Waals surface area (Å²) in [5, 5.41) is 5.05. The van der Waals surface area contributed by atoms with Crippen molar-refractivity contribution in [2.45, 2.75) is 6.92 Å². The number of rotatable bonds is 6. The highest BCUT2D eigenvalue weighted by Crippen LogP contribution is 2.21. The van der Waals surface area contributed by atoms with E-state index in [1.54, 1.807) is 24.3 Å². The van der Waals surface area contributed by atoms with Crippen LogP contribution in [0.3, 0.4) is 0 Å². The number of ether oxygens (including phenoxy) is 2. The molecule has 0 atom stereocenters. The molecule has 0 heterocycles. The molecule has 3 rings (SSSR count). The highest BCUT2D eigenvalue weighted by Gasteiger charge is 2.08. The Morgan fingerprint density at radius 2 is 1.52 bits per heavy atom. The Morgan fingerprint density at radius 3 is 2.26 bits per heavy atom. The van der Waals surface area contributed by atoms with Crippen LogP contribution < -0.4 is 25.6 Å². The van der Waals surface area contributed by atoms with Crippen LogP contribution in [0.5, 0.6) is 11.5 Å². The van der Waals surface area contributed by atoms with Gasteiger partial charge in [-0.1, -0.05) is 41.9 Å². The Balaban J connectivity index is 1.36. The molecule has 3 N–H and O–H groups in total. The molecule has 7 nitrogen and oxygen atoms in total. The van der Waals surface area contributed by atoms with Crippen molar-refractivity contribution in [3.8, 4) is 11.5 Å². The second kappa shape index (κ2) is 10.6. The lowest BCUT2D eigenvalue weighted by Crippen LogP contribution is -2.50. The average molecular weight is 458 g/mol. The molecule has 2 amide bonds. The lowest BCUT2D eigenvalue weighted by Gasteiger charge is -2.12. The first kappa shape index (κ1) is 22.3. The molecule has 0 aromatic heterocycles. The molecule has 0 aliphatic carbocycles. The second-order valence-electron chi connectivity index (χ2n) is 6.55. The number of hydrogen-bond acceptors (Lipinski definition) is 5. The predicted molar refractivity (Wildman–Crippen MR) is 123 cm³/mol. The third kappa shape index (κ3) is 6.84. The predicted octanol–water partition coefficient (Wildman–Crippen LogP) is 3.28. The molecular weight excluding hydrogens is 438 g/mol. The molecule has 0 radical (unpaired) electrons. The third-order valence-electron chi connectivity index (χ3n) is 4.16. The lowest BCUT2D eigenvalue weighted by atomic mass is 10.1. The normalized spacial score (nSPS) is 10.3. The Hall–Kier alpha value is -3.36. The van der Waals surface area contributed by atoms with E-state index in [0.717, 1.165) is 16.3 Å². The van der Waals surface area contributed by atoms with E-state index in [0.29, 0.717) is 16.5 Å². The summed E-state index contributed by atoms with van der Waals surface area (Å²) in [4.78, 5) is 23.8. The number of amides is 2. The molecule has 0 aliphatic rings. The molecule has 3 aromatic rings. The number of thiocarbonyl (C=S) groups is 1. The molecule has 0 spiro atoms. The Morgan fingerprint density at radius 1 is 0.871 bits per heavy atom. The number of fused-ring (bicyclic) bond motifs is 1. The van der Waals surface area contributed by atoms with Gasteiger partial charge in [0.1, 0.15) is 11.5 Å². The Bertz CT molecular complexity index is 1120. The highest BCUT2D eigenvalue weighted by atomic mass is 35.5. The van der Waals surface area contributed by atoms with Gasteiger partial charge in [0.2, 0.25) is 0 Å². The van der Waals surface area contributed by atoms with Crippen LogP contribution >= 0.6 is 23.8 Å². The zero-order chi connectivity index (χ0) is 22.2. The van der Waals surface area contributed by atoms with Crippen LogP contribution in [0.1, 0.15) is 5.56 Å². The van der Waals surface area contributed by atoms with Crippen molar-refractivity contribution in [3.63, 3.8) is 0 Å². The Labute approximate surface area is 189 Å². The molecule has 0 aliphatic heterocycles. The molecule has 9 heteroatoms. The first-order chi connectivity index (χ1) is 14.9. The van der Waals surface area contributed by atoms with Crippen LogP contribution in [0.2, 0.25) is 5.02 Å². The minimum atomic E-state index is -0.475. The SMILES string of the molecule is Cc1cc(OCC(=O)NNC(=S)NC(=O)COc2ccc3ccccc3c2)ccc1Cl. The van der Waals surface area contributed by atoms with Gasteiger partial charge in [-0.3, -0.25) is 25.8 Å². The molecule has 0 bridgehead atoms. The van der Waals surface area contributed by atoms with Gasteiger partial charge in [0, 0.05) is 5.02 Å². The molecule has 31 heavy (non-hydrogen) atoms. The van der Waals surface area contributed by atoms with Crippen molar-refractivity contribution in [1.82, 2.24) is 16.2 Å². The van der Waals surface area contributed by atoms with Crippen LogP contribution in [0.15, 0.2) is 60.7 Å². The first-order valence-corrected chi connectivity index (χ1v) is 10.1. The maximum atomic E-state index is 12.0. The van der Waals surface area contributed by atoms with E-state index in [-0.39, 0.29) is 18.3 Å². The van der Waals surface area contributed by atoms with E-state index in [9.17, 15) is 9.59 Å². The summed E-state index contributed by atoms with van der Waals surface area (Å²) in [5.74, 6) is 0.138. The smallest absolute Gasteiger partial charge is 0.276 e. The lowest BCUT2D eigenvalue weighted by molar-refractivity contribution is -0.124. The number of hydrazine groups is 1. The van der Waals surface area contributed by atoms with Gasteiger partial charge in [-0.15, -0.1) is 0 Å². The summed E-state index contributed by atoms with van der Waals surface area (Å²) in [6, 6.07) is 18.5. The maximum Gasteiger partial charge on any atom is 0.276 e. The van der Waals surface area contributed by atoms with Gasteiger partial charge in [-0.05, 0) is 65.8 Å². The summed E-state index contributed by atoms with van der Waals surface area (Å²) < 4.78 is 10.9. The quantitative estimate of drug-likeness (QED) is 0.389. The summed E-state index contributed by atoms with van der Waals surface area (Å²) in [6.07, 6.45) is 0. The number of carbonyl (C=O) groups excluding carboxylic acids is 2. The summed E-state index contributed by atoms with van der Waals surface area (Å²) in [5.41, 5.74) is 5.62. The number of aryl methyl sites for hydroxylation is 1. The standard InChI is InChI=1S/C22H20ClN3O4S/c1-14-10-17(8-9-19(14)23)30-13-21(28)25-26-22(31)24-20(27)12-29-18-7-6-15-4-2-3-5-16(15)11-18/h2-11H,12-13H2,1H3,(H,25,28)(H2,24,26,27,31). The van der Waals surface area contributed by atoms with Gasteiger partial charge >= 0.3 is 0 Å². The third-order valence-corrected chi connectivity index (χ3v) is 4.79. The van der Waals surface area contributed by atoms with E-state index >= 15 is 0 Å². The maximum absolute atomic E-state index is 12.0. The summed E-state index contributed by atoms with van der Waals surface area (Å²) in [6.45, 7) is 1.37. The van der Waals surface area contributed by atoms with Gasteiger partial charge in [0.25, 0.3) is 11.8 Å². The van der Waals surface area contributed by atoms with Gasteiger partial charge in [0.05, 0.1) is 0 Å². The zero-order valence-corrected chi connectivity index (χ0v) is 18.2. The van der Waals surface area contributed by atoms with Crippen LogP contribution in [0, 0.1) is 6.92 Å². The fourth-order valence-electron chi connectivity index (χ4n) is 2.62. The van der Waals surface area contributed by atoms with Crippen LogP contribution in [0.4, 0.5) is 0 Å². The van der Waals surface area contributed by atoms with Crippen molar-refractivity contribution in [3.05, 3.63) is 71.2 Å². The zero-order valence-electron chi connectivity index (χ0n) is 16.6. The number of hydrogen-bond donors (Lipinski definition) is 3. The molecule has 3 aromatic carbocycles. The topological polar surface area (TPSA) is 88.7 Å². The van der Waals surface area contributed by atoms with Crippen LogP contribution in [-0.4, -0.2) is 30.1 Å². The van der Waals surface area contributed by atoms with Gasteiger partial charge in [0.15, 0.2) is 18.3 Å². The molecule has 0 saturated heterocycles. The summed E-state index contributed by atoms with van der Waals surface area (Å²) in [7, 11) is 0. The summed E-state index contributed by atoms with van der Waals surface area (Å²) >= 11 is 10.9. The number of nitrogens with one attached hydrogen (secondary N) is 3. The minimum Gasteiger partial charge on any atom is -0.484 e. The largest absolute Gasteiger partial charge is 0.484 e. The van der Waals surface area contributed by atoms with Crippen molar-refractivity contribution in [1.29, 1.82) is 0 Å². The van der Waals surface area contributed by atoms with Crippen LogP contribution in [-0.2, 0) is 9.59 Å². The Kier molecular flexibility index (Phi) is 7.64. The van der Waals surface area contributed by atoms with Gasteiger partial charge in [-0.25, -0.2) is 0 Å².